The molecule has 0 spiro atoms. The van der Waals surface area contributed by atoms with Crippen molar-refractivity contribution in [2.45, 2.75) is 0 Å². The summed E-state index contributed by atoms with van der Waals surface area (Å²) in [6.07, 6.45) is 0.769. The van der Waals surface area contributed by atoms with Crippen LogP contribution in [-0.2, 0) is 4.74 Å². The zero-order valence-corrected chi connectivity index (χ0v) is 10.6. The summed E-state index contributed by atoms with van der Waals surface area (Å²) in [7, 11) is 3.07. The van der Waals surface area contributed by atoms with Gasteiger partial charge in [-0.15, -0.1) is 0 Å². The molecule has 0 N–H and O–H groups in total. The van der Waals surface area contributed by atoms with Crippen molar-refractivity contribution >= 4 is 28.9 Å². The summed E-state index contributed by atoms with van der Waals surface area (Å²) in [5.74, 6) is 1.12. The number of carbonyl (C=O) groups excluding carboxylic acids is 1. The van der Waals surface area contributed by atoms with Crippen LogP contribution in [0.3, 0.4) is 0 Å². The molecule has 0 aliphatic rings. The zero-order valence-electron chi connectivity index (χ0n) is 8.45. The van der Waals surface area contributed by atoms with Crippen molar-refractivity contribution in [2.24, 2.45) is 0 Å². The number of benzene rings is 1. The molecule has 0 atom stereocenters. The van der Waals surface area contributed by atoms with Crippen molar-refractivity contribution in [3.63, 3.8) is 0 Å². The van der Waals surface area contributed by atoms with Gasteiger partial charge in [-0.3, -0.25) is 4.79 Å². The van der Waals surface area contributed by atoms with Crippen LogP contribution in [0.4, 0.5) is 0 Å². The van der Waals surface area contributed by atoms with E-state index in [-0.39, 0.29) is 6.79 Å². The van der Waals surface area contributed by atoms with Crippen molar-refractivity contribution in [3.05, 3.63) is 21.3 Å². The lowest BCUT2D eigenvalue weighted by Crippen LogP contribution is -2.03. The molecular weight excluding hydrogens is 311 g/mol. The van der Waals surface area contributed by atoms with Crippen molar-refractivity contribution in [1.82, 2.24) is 0 Å². The van der Waals surface area contributed by atoms with Crippen molar-refractivity contribution in [1.29, 1.82) is 0 Å². The summed E-state index contributed by atoms with van der Waals surface area (Å²) in [4.78, 5) is 10.6. The van der Waals surface area contributed by atoms with Crippen LogP contribution in [-0.4, -0.2) is 27.3 Å². The van der Waals surface area contributed by atoms with Gasteiger partial charge in [0.15, 0.2) is 18.3 Å². The molecule has 0 radical (unpaired) electrons. The van der Waals surface area contributed by atoms with E-state index in [1.807, 2.05) is 0 Å². The Kier molecular flexibility index (Phi) is 4.83. The van der Waals surface area contributed by atoms with Crippen LogP contribution in [0.25, 0.3) is 0 Å². The van der Waals surface area contributed by atoms with Gasteiger partial charge in [-0.1, -0.05) is 0 Å². The molecule has 0 heterocycles. The van der Waals surface area contributed by atoms with Gasteiger partial charge in [0.2, 0.25) is 0 Å². The monoisotopic (exact) mass is 322 g/mol. The minimum absolute atomic E-state index is 0.146. The van der Waals surface area contributed by atoms with Crippen LogP contribution >= 0.6 is 22.6 Å². The van der Waals surface area contributed by atoms with Crippen molar-refractivity contribution in [2.75, 3.05) is 21.0 Å². The molecular formula is C10H11IO4. The molecule has 5 heteroatoms. The van der Waals surface area contributed by atoms with Gasteiger partial charge in [-0.25, -0.2) is 0 Å². The number of hydrogen-bond acceptors (Lipinski definition) is 4. The number of methoxy groups -OCH3 is 2. The van der Waals surface area contributed by atoms with E-state index in [0.717, 1.165) is 9.86 Å². The molecule has 0 fully saturated rings. The molecule has 4 nitrogen and oxygen atoms in total. The highest BCUT2D eigenvalue weighted by Gasteiger charge is 2.11. The van der Waals surface area contributed by atoms with Gasteiger partial charge in [0.25, 0.3) is 0 Å². The lowest BCUT2D eigenvalue weighted by Gasteiger charge is -2.12. The van der Waals surface area contributed by atoms with Gasteiger partial charge in [-0.2, -0.15) is 0 Å². The van der Waals surface area contributed by atoms with Gasteiger partial charge in [0, 0.05) is 12.7 Å². The summed E-state index contributed by atoms with van der Waals surface area (Å²) in [5, 5.41) is 0. The first-order chi connectivity index (χ1) is 7.22. The highest BCUT2D eigenvalue weighted by atomic mass is 127. The second-order valence-electron chi connectivity index (χ2n) is 2.70. The quantitative estimate of drug-likeness (QED) is 0.473. The SMILES string of the molecule is COCOc1c(I)cc(C=O)cc1OC. The molecule has 0 saturated carbocycles. The fraction of sp³-hybridized carbons (Fsp3) is 0.300. The van der Waals surface area contributed by atoms with Crippen LogP contribution < -0.4 is 9.47 Å². The Bertz CT molecular complexity index is 352. The normalized spacial score (nSPS) is 9.80. The van der Waals surface area contributed by atoms with Crippen molar-refractivity contribution in [3.8, 4) is 11.5 Å². The smallest absolute Gasteiger partial charge is 0.188 e. The Morgan fingerprint density at radius 3 is 2.67 bits per heavy atom. The van der Waals surface area contributed by atoms with Gasteiger partial charge in [0.05, 0.1) is 10.7 Å². The van der Waals surface area contributed by atoms with Crippen LogP contribution in [0.1, 0.15) is 10.4 Å². The molecule has 0 saturated heterocycles. The first kappa shape index (κ1) is 12.3. The van der Waals surface area contributed by atoms with E-state index in [2.05, 4.69) is 22.6 Å². The third kappa shape index (κ3) is 3.07. The average molecular weight is 322 g/mol. The Morgan fingerprint density at radius 2 is 2.13 bits per heavy atom. The van der Waals surface area contributed by atoms with E-state index in [1.54, 1.807) is 19.2 Å². The molecule has 0 bridgehead atoms. The lowest BCUT2D eigenvalue weighted by atomic mass is 10.2. The Morgan fingerprint density at radius 1 is 1.40 bits per heavy atom. The molecule has 0 aromatic heterocycles. The predicted octanol–water partition coefficient (Wildman–Crippen LogP) is 2.10. The number of halogens is 1. The number of carbonyl (C=O) groups is 1. The molecule has 0 aliphatic heterocycles. The molecule has 0 aliphatic carbocycles. The zero-order chi connectivity index (χ0) is 11.3. The van der Waals surface area contributed by atoms with Crippen LogP contribution in [0.2, 0.25) is 0 Å². The maximum Gasteiger partial charge on any atom is 0.188 e. The van der Waals surface area contributed by atoms with E-state index in [1.165, 1.54) is 7.11 Å². The second kappa shape index (κ2) is 5.92. The predicted molar refractivity (Wildman–Crippen MR) is 63.6 cm³/mol. The Balaban J connectivity index is 3.06. The molecule has 1 rings (SSSR count). The van der Waals surface area contributed by atoms with Gasteiger partial charge < -0.3 is 14.2 Å². The van der Waals surface area contributed by atoms with Crippen LogP contribution in [0, 0.1) is 3.57 Å². The fourth-order valence-corrected chi connectivity index (χ4v) is 1.85. The average Bonchev–Trinajstić information content (AvgIpc) is 2.26. The third-order valence-corrected chi connectivity index (χ3v) is 2.51. The molecule has 0 amide bonds. The summed E-state index contributed by atoms with van der Waals surface area (Å²) >= 11 is 2.08. The van der Waals surface area contributed by atoms with Crippen molar-refractivity contribution < 1.29 is 19.0 Å². The highest BCUT2D eigenvalue weighted by Crippen LogP contribution is 2.33. The van der Waals surface area contributed by atoms with Crippen LogP contribution in [0.5, 0.6) is 11.5 Å². The highest BCUT2D eigenvalue weighted by molar-refractivity contribution is 14.1. The summed E-state index contributed by atoms with van der Waals surface area (Å²) in [5.41, 5.74) is 0.556. The van der Waals surface area contributed by atoms with Crippen LogP contribution in [0.15, 0.2) is 12.1 Å². The standard InChI is InChI=1S/C10H11IO4/c1-13-6-15-10-8(11)3-7(5-12)4-9(10)14-2/h3-5H,6H2,1-2H3. The second-order valence-corrected chi connectivity index (χ2v) is 3.87. The first-order valence-corrected chi connectivity index (χ1v) is 5.25. The summed E-state index contributed by atoms with van der Waals surface area (Å²) < 4.78 is 16.1. The molecule has 1 aromatic carbocycles. The Labute approximate surface area is 102 Å². The minimum Gasteiger partial charge on any atom is -0.493 e. The Hall–Kier alpha value is -0.820. The molecule has 82 valence electrons. The summed E-state index contributed by atoms with van der Waals surface area (Å²) in [6.45, 7) is 0.146. The van der Waals surface area contributed by atoms with E-state index in [9.17, 15) is 4.79 Å². The fourth-order valence-electron chi connectivity index (χ4n) is 1.07. The number of rotatable bonds is 5. The van der Waals surface area contributed by atoms with Gasteiger partial charge in [-0.05, 0) is 34.7 Å². The topological polar surface area (TPSA) is 44.8 Å². The maximum absolute atomic E-state index is 10.6. The third-order valence-electron chi connectivity index (χ3n) is 1.71. The maximum atomic E-state index is 10.6. The van der Waals surface area contributed by atoms with E-state index in [0.29, 0.717) is 17.1 Å². The summed E-state index contributed by atoms with van der Waals surface area (Å²) in [6, 6.07) is 3.35. The van der Waals surface area contributed by atoms with E-state index < -0.39 is 0 Å². The van der Waals surface area contributed by atoms with E-state index >= 15 is 0 Å². The number of hydrogen-bond donors (Lipinski definition) is 0. The van der Waals surface area contributed by atoms with E-state index in [4.69, 9.17) is 14.2 Å². The molecule has 15 heavy (non-hydrogen) atoms. The number of aldehydes is 1. The lowest BCUT2D eigenvalue weighted by molar-refractivity contribution is 0.0485. The largest absolute Gasteiger partial charge is 0.493 e. The number of ether oxygens (including phenoxy) is 3. The molecule has 0 unspecified atom stereocenters. The first-order valence-electron chi connectivity index (χ1n) is 4.17. The minimum atomic E-state index is 0.146. The van der Waals surface area contributed by atoms with Gasteiger partial charge >= 0.3 is 0 Å². The van der Waals surface area contributed by atoms with Gasteiger partial charge in [0.1, 0.15) is 6.29 Å². The molecule has 1 aromatic rings.